The van der Waals surface area contributed by atoms with Gasteiger partial charge in [0.2, 0.25) is 0 Å². The maximum absolute atomic E-state index is 12.6. The monoisotopic (exact) mass is 380 g/mol. The van der Waals surface area contributed by atoms with Gasteiger partial charge in [0.25, 0.3) is 0 Å². The van der Waals surface area contributed by atoms with Gasteiger partial charge in [-0.15, -0.1) is 11.3 Å². The number of hydrogen-bond acceptors (Lipinski definition) is 6. The Morgan fingerprint density at radius 3 is 2.81 bits per heavy atom. The first-order valence-electron chi connectivity index (χ1n) is 9.19. The van der Waals surface area contributed by atoms with E-state index in [2.05, 4.69) is 27.8 Å². The van der Waals surface area contributed by atoms with Crippen LogP contribution in [0.5, 0.6) is 0 Å². The molecule has 1 aliphatic rings. The molecule has 1 fully saturated rings. The molecule has 0 radical (unpaired) electrons. The number of hydrogen-bond donors (Lipinski definition) is 0. The molecule has 7 heteroatoms. The molecule has 4 heterocycles. The zero-order valence-electron chi connectivity index (χ0n) is 15.1. The molecule has 138 valence electrons. The van der Waals surface area contributed by atoms with E-state index in [4.69, 9.17) is 4.42 Å². The van der Waals surface area contributed by atoms with Crippen molar-refractivity contribution in [3.63, 3.8) is 0 Å². The van der Waals surface area contributed by atoms with Crippen molar-refractivity contribution >= 4 is 33.0 Å². The van der Waals surface area contributed by atoms with E-state index in [0.29, 0.717) is 16.8 Å². The summed E-state index contributed by atoms with van der Waals surface area (Å²) in [6.07, 6.45) is 3.80. The van der Waals surface area contributed by atoms with Crippen molar-refractivity contribution < 1.29 is 4.42 Å². The summed E-state index contributed by atoms with van der Waals surface area (Å²) in [4.78, 5) is 22.8. The molecule has 0 N–H and O–H groups in total. The summed E-state index contributed by atoms with van der Waals surface area (Å²) >= 11 is 1.54. The van der Waals surface area contributed by atoms with Crippen LogP contribution in [-0.2, 0) is 0 Å². The zero-order valence-corrected chi connectivity index (χ0v) is 15.9. The molecule has 6 nitrogen and oxygen atoms in total. The van der Waals surface area contributed by atoms with Crippen LogP contribution in [0.1, 0.15) is 6.92 Å². The number of likely N-dealkylation sites (N-methyl/N-ethyl adjacent to an activating group) is 1. The molecule has 0 atom stereocenters. The third-order valence-electron chi connectivity index (χ3n) is 5.27. The molecule has 27 heavy (non-hydrogen) atoms. The summed E-state index contributed by atoms with van der Waals surface area (Å²) < 4.78 is 7.57. The molecule has 0 amide bonds. The Bertz CT molecular complexity index is 1140. The van der Waals surface area contributed by atoms with Gasteiger partial charge in [0, 0.05) is 61.1 Å². The quantitative estimate of drug-likeness (QED) is 0.511. The Kier molecular flexibility index (Phi) is 3.98. The standard InChI is InChI=1S/C20H20N4O2S/c1-2-22-5-7-23(8-6-22)15-4-3-14-11-16(19(25)26-18(14)12-15)17-13-24-9-10-27-20(24)21-17/h3-4,9-13H,2,5-8H2,1H3. The number of aromatic nitrogens is 2. The van der Waals surface area contributed by atoms with Gasteiger partial charge < -0.3 is 14.2 Å². The summed E-state index contributed by atoms with van der Waals surface area (Å²) in [5, 5.41) is 2.88. The molecular weight excluding hydrogens is 360 g/mol. The van der Waals surface area contributed by atoms with Crippen molar-refractivity contribution in [2.24, 2.45) is 0 Å². The molecule has 0 unspecified atom stereocenters. The van der Waals surface area contributed by atoms with Gasteiger partial charge in [-0.2, -0.15) is 0 Å². The second-order valence-electron chi connectivity index (χ2n) is 6.81. The largest absolute Gasteiger partial charge is 0.422 e. The van der Waals surface area contributed by atoms with Gasteiger partial charge in [-0.3, -0.25) is 4.40 Å². The van der Waals surface area contributed by atoms with Crippen LogP contribution >= 0.6 is 11.3 Å². The lowest BCUT2D eigenvalue weighted by molar-refractivity contribution is 0.271. The first-order chi connectivity index (χ1) is 13.2. The lowest BCUT2D eigenvalue weighted by atomic mass is 10.1. The minimum atomic E-state index is -0.346. The van der Waals surface area contributed by atoms with Crippen molar-refractivity contribution in [3.05, 3.63) is 52.5 Å². The Labute approximate surface area is 160 Å². The fourth-order valence-electron chi connectivity index (χ4n) is 3.65. The average Bonchev–Trinajstić information content (AvgIpc) is 3.29. The van der Waals surface area contributed by atoms with Crippen LogP contribution in [-0.4, -0.2) is 47.0 Å². The first-order valence-corrected chi connectivity index (χ1v) is 10.1. The maximum Gasteiger partial charge on any atom is 0.345 e. The van der Waals surface area contributed by atoms with Gasteiger partial charge in [0.05, 0.1) is 11.3 Å². The number of benzene rings is 1. The minimum Gasteiger partial charge on any atom is -0.422 e. The summed E-state index contributed by atoms with van der Waals surface area (Å²) in [6, 6.07) is 8.00. The third-order valence-corrected chi connectivity index (χ3v) is 6.04. The van der Waals surface area contributed by atoms with Crippen LogP contribution in [0, 0.1) is 0 Å². The van der Waals surface area contributed by atoms with Crippen molar-refractivity contribution in [1.82, 2.24) is 14.3 Å². The molecular formula is C20H20N4O2S. The van der Waals surface area contributed by atoms with Crippen LogP contribution in [0.15, 0.2) is 51.3 Å². The number of rotatable bonds is 3. The lowest BCUT2D eigenvalue weighted by Crippen LogP contribution is -2.46. The van der Waals surface area contributed by atoms with E-state index in [1.165, 1.54) is 0 Å². The second-order valence-corrected chi connectivity index (χ2v) is 7.68. The fourth-order valence-corrected chi connectivity index (χ4v) is 4.35. The van der Waals surface area contributed by atoms with Crippen LogP contribution in [0.25, 0.3) is 27.2 Å². The third kappa shape index (κ3) is 2.93. The summed E-state index contributed by atoms with van der Waals surface area (Å²) in [5.74, 6) is 0. The number of piperazine rings is 1. The molecule has 3 aromatic heterocycles. The van der Waals surface area contributed by atoms with E-state index >= 15 is 0 Å². The summed E-state index contributed by atoms with van der Waals surface area (Å²) in [6.45, 7) is 7.40. The Morgan fingerprint density at radius 1 is 1.19 bits per heavy atom. The van der Waals surface area contributed by atoms with Gasteiger partial charge in [0.15, 0.2) is 4.96 Å². The Hall–Kier alpha value is -2.64. The van der Waals surface area contributed by atoms with E-state index in [0.717, 1.165) is 48.8 Å². The SMILES string of the molecule is CCN1CCN(c2ccc3cc(-c4cn5ccsc5n4)c(=O)oc3c2)CC1. The molecule has 1 aromatic carbocycles. The van der Waals surface area contributed by atoms with Crippen molar-refractivity contribution in [2.45, 2.75) is 6.92 Å². The van der Waals surface area contributed by atoms with Gasteiger partial charge in [-0.1, -0.05) is 6.92 Å². The second kappa shape index (κ2) is 6.51. The molecule has 1 aliphatic heterocycles. The molecule has 0 bridgehead atoms. The predicted molar refractivity (Wildman–Crippen MR) is 109 cm³/mol. The van der Waals surface area contributed by atoms with Crippen LogP contribution < -0.4 is 10.5 Å². The molecule has 4 aromatic rings. The normalized spacial score (nSPS) is 15.8. The number of nitrogens with zero attached hydrogens (tertiary/aromatic N) is 4. The van der Waals surface area contributed by atoms with Crippen molar-refractivity contribution in [3.8, 4) is 11.3 Å². The number of fused-ring (bicyclic) bond motifs is 2. The number of anilines is 1. The molecule has 0 saturated carbocycles. The molecule has 1 saturated heterocycles. The van der Waals surface area contributed by atoms with Crippen LogP contribution in [0.2, 0.25) is 0 Å². The van der Waals surface area contributed by atoms with Crippen molar-refractivity contribution in [1.29, 1.82) is 0 Å². The van der Waals surface area contributed by atoms with Crippen molar-refractivity contribution in [2.75, 3.05) is 37.6 Å². The highest BCUT2D eigenvalue weighted by molar-refractivity contribution is 7.15. The van der Waals surface area contributed by atoms with E-state index in [1.54, 1.807) is 11.3 Å². The first kappa shape index (κ1) is 16.5. The number of thiazole rings is 1. The maximum atomic E-state index is 12.6. The highest BCUT2D eigenvalue weighted by Crippen LogP contribution is 2.26. The van der Waals surface area contributed by atoms with Gasteiger partial charge >= 0.3 is 5.63 Å². The van der Waals surface area contributed by atoms with E-state index in [1.807, 2.05) is 40.4 Å². The van der Waals surface area contributed by atoms with Gasteiger partial charge in [-0.05, 0) is 24.7 Å². The average molecular weight is 380 g/mol. The highest BCUT2D eigenvalue weighted by Gasteiger charge is 2.17. The highest BCUT2D eigenvalue weighted by atomic mass is 32.1. The molecule has 0 spiro atoms. The van der Waals surface area contributed by atoms with Gasteiger partial charge in [-0.25, -0.2) is 9.78 Å². The predicted octanol–water partition coefficient (Wildman–Crippen LogP) is 3.31. The van der Waals surface area contributed by atoms with E-state index in [9.17, 15) is 4.79 Å². The van der Waals surface area contributed by atoms with Crippen LogP contribution in [0.3, 0.4) is 0 Å². The van der Waals surface area contributed by atoms with Gasteiger partial charge in [0.1, 0.15) is 5.58 Å². The topological polar surface area (TPSA) is 54.0 Å². The smallest absolute Gasteiger partial charge is 0.345 e. The Balaban J connectivity index is 1.50. The lowest BCUT2D eigenvalue weighted by Gasteiger charge is -2.35. The summed E-state index contributed by atoms with van der Waals surface area (Å²) in [7, 11) is 0. The van der Waals surface area contributed by atoms with Crippen LogP contribution in [0.4, 0.5) is 5.69 Å². The molecule has 0 aliphatic carbocycles. The fraction of sp³-hybridized carbons (Fsp3) is 0.300. The zero-order chi connectivity index (χ0) is 18.4. The Morgan fingerprint density at radius 2 is 2.04 bits per heavy atom. The summed E-state index contributed by atoms with van der Waals surface area (Å²) in [5.41, 5.74) is 2.54. The van der Waals surface area contributed by atoms with E-state index in [-0.39, 0.29) is 5.63 Å². The van der Waals surface area contributed by atoms with E-state index < -0.39 is 0 Å². The number of imidazole rings is 1. The minimum absolute atomic E-state index is 0.346. The molecule has 5 rings (SSSR count).